The Morgan fingerprint density at radius 3 is 2.68 bits per heavy atom. The third kappa shape index (κ3) is 5.65. The summed E-state index contributed by atoms with van der Waals surface area (Å²) in [5.41, 5.74) is 12.2. The van der Waals surface area contributed by atoms with Gasteiger partial charge in [0.1, 0.15) is 24.0 Å². The van der Waals surface area contributed by atoms with Crippen LogP contribution in [0, 0.1) is 0 Å². The number of aliphatic imine (C=N–C) groups is 1. The largest absolute Gasteiger partial charge is 0.397 e. The highest BCUT2D eigenvalue weighted by molar-refractivity contribution is 5.69. The van der Waals surface area contributed by atoms with E-state index in [1.807, 2.05) is 13.8 Å². The molecule has 2 aliphatic rings. The van der Waals surface area contributed by atoms with Gasteiger partial charge in [-0.3, -0.25) is 4.57 Å². The molecule has 1 aromatic rings. The summed E-state index contributed by atoms with van der Waals surface area (Å²) >= 11 is 0. The Morgan fingerprint density at radius 1 is 1.26 bits per heavy atom. The lowest BCUT2D eigenvalue weighted by atomic mass is 10.1. The summed E-state index contributed by atoms with van der Waals surface area (Å²) in [7, 11) is 0. The van der Waals surface area contributed by atoms with E-state index in [-0.39, 0.29) is 18.3 Å². The van der Waals surface area contributed by atoms with Crippen LogP contribution in [0.15, 0.2) is 17.9 Å². The third-order valence-electron chi connectivity index (χ3n) is 5.59. The van der Waals surface area contributed by atoms with E-state index in [1.165, 1.54) is 38.4 Å². The van der Waals surface area contributed by atoms with Crippen LogP contribution in [0.2, 0.25) is 0 Å². The minimum absolute atomic E-state index is 0.258. The summed E-state index contributed by atoms with van der Waals surface area (Å²) in [5.74, 6) is -0.242. The van der Waals surface area contributed by atoms with Crippen LogP contribution in [0.4, 0.5) is 5.82 Å². The molecule has 0 unspecified atom stereocenters. The Morgan fingerprint density at radius 2 is 1.97 bits per heavy atom. The summed E-state index contributed by atoms with van der Waals surface area (Å²) in [6.07, 6.45) is 8.82. The van der Waals surface area contributed by atoms with Crippen LogP contribution >= 0.6 is 0 Å². The molecule has 4 N–H and O–H groups in total. The molecule has 1 aromatic heterocycles. The van der Waals surface area contributed by atoms with E-state index in [1.54, 1.807) is 10.9 Å². The van der Waals surface area contributed by atoms with E-state index in [4.69, 9.17) is 30.4 Å². The molecule has 0 amide bonds. The Labute approximate surface area is 184 Å². The van der Waals surface area contributed by atoms with Crippen molar-refractivity contribution in [3.8, 4) is 0 Å². The molecule has 0 bridgehead atoms. The van der Waals surface area contributed by atoms with Gasteiger partial charge >= 0.3 is 0 Å². The molecule has 31 heavy (non-hydrogen) atoms. The highest BCUT2D eigenvalue weighted by Crippen LogP contribution is 2.44. The van der Waals surface area contributed by atoms with Crippen LogP contribution in [-0.4, -0.2) is 53.2 Å². The normalized spacial score (nSPS) is 27.2. The summed E-state index contributed by atoms with van der Waals surface area (Å²) in [4.78, 5) is 8.56. The second-order valence-electron chi connectivity index (χ2n) is 8.60. The standard InChI is InChI=1S/C22H37N5O4/c1-5-6-7-8-9-10-11-28-12-16-18-19(31-22(3,4)30-18)21(29-16)27-14-26-17(15(2)24)20(27)25-13-23/h13-14,16,18-19,21H,2,5-12,24H2,1,3-4H3,(H2,23,25)/t16-,18-,19-,21-/m1/s1. The lowest BCUT2D eigenvalue weighted by molar-refractivity contribution is -0.201. The number of hydrogen-bond acceptors (Lipinski definition) is 7. The first-order valence-corrected chi connectivity index (χ1v) is 11.2. The van der Waals surface area contributed by atoms with Gasteiger partial charge in [0.2, 0.25) is 0 Å². The molecule has 0 radical (unpaired) electrons. The number of nitrogens with zero attached hydrogens (tertiary/aromatic N) is 3. The van der Waals surface area contributed by atoms with E-state index >= 15 is 0 Å². The summed E-state index contributed by atoms with van der Waals surface area (Å²) in [6, 6.07) is 0. The molecule has 4 atom stereocenters. The van der Waals surface area contributed by atoms with E-state index < -0.39 is 12.0 Å². The van der Waals surface area contributed by atoms with Crippen molar-refractivity contribution in [3.63, 3.8) is 0 Å². The molecule has 174 valence electrons. The first kappa shape index (κ1) is 23.7. The molecule has 2 saturated heterocycles. The van der Waals surface area contributed by atoms with Crippen LogP contribution in [-0.2, 0) is 18.9 Å². The highest BCUT2D eigenvalue weighted by atomic mass is 16.8. The van der Waals surface area contributed by atoms with Crippen molar-refractivity contribution >= 4 is 17.9 Å². The van der Waals surface area contributed by atoms with Gasteiger partial charge in [-0.2, -0.15) is 0 Å². The average Bonchev–Trinajstić information content (AvgIpc) is 3.35. The molecular formula is C22H37N5O4. The van der Waals surface area contributed by atoms with Crippen LogP contribution in [0.25, 0.3) is 5.70 Å². The topological polar surface area (TPSA) is 119 Å². The molecule has 0 saturated carbocycles. The van der Waals surface area contributed by atoms with E-state index in [0.29, 0.717) is 30.4 Å². The van der Waals surface area contributed by atoms with Crippen molar-refractivity contribution < 1.29 is 18.9 Å². The van der Waals surface area contributed by atoms with Crippen molar-refractivity contribution in [2.24, 2.45) is 16.5 Å². The zero-order valence-electron chi connectivity index (χ0n) is 19.0. The van der Waals surface area contributed by atoms with Crippen LogP contribution in [0.3, 0.4) is 0 Å². The third-order valence-corrected chi connectivity index (χ3v) is 5.59. The fourth-order valence-corrected chi connectivity index (χ4v) is 4.17. The zero-order chi connectivity index (χ0) is 22.4. The average molecular weight is 436 g/mol. The van der Waals surface area contributed by atoms with Crippen molar-refractivity contribution in [3.05, 3.63) is 18.6 Å². The van der Waals surface area contributed by atoms with Gasteiger partial charge in [-0.15, -0.1) is 0 Å². The highest BCUT2D eigenvalue weighted by Gasteiger charge is 2.56. The van der Waals surface area contributed by atoms with Gasteiger partial charge in [-0.1, -0.05) is 45.6 Å². The van der Waals surface area contributed by atoms with E-state index in [9.17, 15) is 0 Å². The van der Waals surface area contributed by atoms with Crippen molar-refractivity contribution in [1.82, 2.24) is 9.55 Å². The zero-order valence-corrected chi connectivity index (χ0v) is 19.0. The maximum atomic E-state index is 6.31. The van der Waals surface area contributed by atoms with Crippen LogP contribution < -0.4 is 11.5 Å². The summed E-state index contributed by atoms with van der Waals surface area (Å²) in [6.45, 7) is 10.9. The number of aromatic nitrogens is 2. The molecule has 0 aliphatic carbocycles. The van der Waals surface area contributed by atoms with Gasteiger partial charge in [-0.05, 0) is 20.3 Å². The van der Waals surface area contributed by atoms with Crippen molar-refractivity contribution in [2.45, 2.75) is 89.6 Å². The Hall–Kier alpha value is -1.94. The smallest absolute Gasteiger partial charge is 0.166 e. The number of ether oxygens (including phenoxy) is 4. The fraction of sp³-hybridized carbons (Fsp3) is 0.727. The predicted molar refractivity (Wildman–Crippen MR) is 120 cm³/mol. The maximum absolute atomic E-state index is 6.31. The number of imidazole rings is 1. The molecule has 0 aromatic carbocycles. The minimum atomic E-state index is -0.715. The molecule has 0 spiro atoms. The molecular weight excluding hydrogens is 398 g/mol. The first-order chi connectivity index (χ1) is 14.9. The number of nitrogens with two attached hydrogens (primary N) is 2. The van der Waals surface area contributed by atoms with Gasteiger partial charge in [0.25, 0.3) is 0 Å². The Balaban J connectivity index is 1.65. The van der Waals surface area contributed by atoms with Gasteiger partial charge in [0.05, 0.1) is 25.0 Å². The predicted octanol–water partition coefficient (Wildman–Crippen LogP) is 3.23. The Bertz CT molecular complexity index is 763. The number of fused-ring (bicyclic) bond motifs is 1. The molecule has 9 heteroatoms. The number of hydrogen-bond donors (Lipinski definition) is 2. The molecule has 3 rings (SSSR count). The minimum Gasteiger partial charge on any atom is -0.397 e. The van der Waals surface area contributed by atoms with Gasteiger partial charge in [0, 0.05) is 6.61 Å². The van der Waals surface area contributed by atoms with E-state index in [0.717, 1.165) is 6.42 Å². The quantitative estimate of drug-likeness (QED) is 0.294. The molecule has 3 heterocycles. The molecule has 2 aliphatic heterocycles. The monoisotopic (exact) mass is 435 g/mol. The second kappa shape index (κ2) is 10.6. The summed E-state index contributed by atoms with van der Waals surface area (Å²) in [5, 5.41) is 0. The maximum Gasteiger partial charge on any atom is 0.166 e. The SMILES string of the molecule is C=C(N)c1ncn([C@@H]2O[C@H](COCCCCCCCC)[C@H]3OC(C)(C)O[C@H]32)c1/N=C\N. The van der Waals surface area contributed by atoms with Crippen LogP contribution in [0.5, 0.6) is 0 Å². The van der Waals surface area contributed by atoms with Crippen molar-refractivity contribution in [2.75, 3.05) is 13.2 Å². The second-order valence-corrected chi connectivity index (χ2v) is 8.60. The first-order valence-electron chi connectivity index (χ1n) is 11.2. The van der Waals surface area contributed by atoms with Crippen LogP contribution in [0.1, 0.15) is 71.2 Å². The number of rotatable bonds is 12. The lowest BCUT2D eigenvalue weighted by Crippen LogP contribution is -2.33. The number of unbranched alkanes of at least 4 members (excludes halogenated alkanes) is 5. The lowest BCUT2D eigenvalue weighted by Gasteiger charge is -2.25. The van der Waals surface area contributed by atoms with Gasteiger partial charge in [-0.25, -0.2) is 9.98 Å². The fourth-order valence-electron chi connectivity index (χ4n) is 4.17. The van der Waals surface area contributed by atoms with Gasteiger partial charge < -0.3 is 30.4 Å². The molecule has 2 fully saturated rings. The van der Waals surface area contributed by atoms with Crippen molar-refractivity contribution in [1.29, 1.82) is 0 Å². The summed E-state index contributed by atoms with van der Waals surface area (Å²) < 4.78 is 26.3. The molecule has 9 nitrogen and oxygen atoms in total. The Kier molecular flexibility index (Phi) is 8.10. The van der Waals surface area contributed by atoms with Gasteiger partial charge in [0.15, 0.2) is 17.8 Å². The van der Waals surface area contributed by atoms with E-state index in [2.05, 4.69) is 23.5 Å².